The van der Waals surface area contributed by atoms with E-state index in [2.05, 4.69) is 30.9 Å². The summed E-state index contributed by atoms with van der Waals surface area (Å²) in [6.07, 6.45) is 0. The lowest BCUT2D eigenvalue weighted by Gasteiger charge is -2.13. The number of halogens is 1. The first-order valence-electron chi connectivity index (χ1n) is 9.68. The average Bonchev–Trinajstić information content (AvgIpc) is 3.11. The van der Waals surface area contributed by atoms with E-state index in [9.17, 15) is 5.11 Å². The third-order valence-electron chi connectivity index (χ3n) is 4.53. The number of nitrogens with one attached hydrogen (secondary N) is 3. The predicted octanol–water partition coefficient (Wildman–Crippen LogP) is 6.62. The highest BCUT2D eigenvalue weighted by molar-refractivity contribution is 9.10. The van der Waals surface area contributed by atoms with Crippen LogP contribution in [-0.2, 0) is 0 Å². The summed E-state index contributed by atoms with van der Waals surface area (Å²) in [4.78, 5) is 0. The van der Waals surface area contributed by atoms with E-state index < -0.39 is 0 Å². The standard InChI is InChI=1S/C23H21BrN4O2S/c1-13(2)26-21(25)20-22(29)28-31-23(20)27-14-7-9-15(10-8-14)30-19-12-11-18(24)16-5-3-4-6-17(16)19/h3-13,27H,1-2H3,(H2,25,26)(H,28,29). The molecule has 8 heteroatoms. The minimum absolute atomic E-state index is 0.0748. The first-order valence-corrected chi connectivity index (χ1v) is 11.3. The number of nitrogens with zero attached hydrogens (tertiary/aromatic N) is 1. The van der Waals surface area contributed by atoms with Gasteiger partial charge in [-0.25, -0.2) is 0 Å². The fraction of sp³-hybridized carbons (Fsp3) is 0.130. The van der Waals surface area contributed by atoms with Crippen LogP contribution in [0.5, 0.6) is 17.4 Å². The molecular weight excluding hydrogens is 476 g/mol. The van der Waals surface area contributed by atoms with Crippen LogP contribution in [0.25, 0.3) is 10.8 Å². The summed E-state index contributed by atoms with van der Waals surface area (Å²) in [5, 5.41) is 27.2. The quantitative estimate of drug-likeness (QED) is 0.178. The molecule has 0 aliphatic rings. The summed E-state index contributed by atoms with van der Waals surface area (Å²) in [6.45, 7) is 3.87. The van der Waals surface area contributed by atoms with Gasteiger partial charge in [0, 0.05) is 21.6 Å². The number of benzene rings is 3. The smallest absolute Gasteiger partial charge is 0.236 e. The van der Waals surface area contributed by atoms with Gasteiger partial charge in [-0.05, 0) is 67.2 Å². The van der Waals surface area contributed by atoms with Gasteiger partial charge in [0.05, 0.1) is 0 Å². The summed E-state index contributed by atoms with van der Waals surface area (Å²) >= 11 is 4.69. The van der Waals surface area contributed by atoms with Crippen molar-refractivity contribution in [2.24, 2.45) is 0 Å². The minimum Gasteiger partial charge on any atom is -0.492 e. The van der Waals surface area contributed by atoms with Crippen molar-refractivity contribution in [1.82, 2.24) is 9.69 Å². The Morgan fingerprint density at radius 1 is 1.06 bits per heavy atom. The van der Waals surface area contributed by atoms with Crippen molar-refractivity contribution in [2.45, 2.75) is 19.9 Å². The molecule has 1 heterocycles. The Morgan fingerprint density at radius 3 is 2.48 bits per heavy atom. The Kier molecular flexibility index (Phi) is 6.11. The van der Waals surface area contributed by atoms with Crippen molar-refractivity contribution in [3.8, 4) is 17.4 Å². The molecule has 4 N–H and O–H groups in total. The maximum atomic E-state index is 10.1. The van der Waals surface area contributed by atoms with Gasteiger partial charge in [0.25, 0.3) is 0 Å². The first kappa shape index (κ1) is 21.1. The Bertz CT molecular complexity index is 1240. The molecule has 0 fully saturated rings. The fourth-order valence-electron chi connectivity index (χ4n) is 3.14. The number of ether oxygens (including phenoxy) is 1. The molecule has 0 bridgehead atoms. The second-order valence-electron chi connectivity index (χ2n) is 7.23. The lowest BCUT2D eigenvalue weighted by atomic mass is 10.1. The number of aromatic nitrogens is 1. The number of aromatic hydroxyl groups is 1. The van der Waals surface area contributed by atoms with Gasteiger partial charge in [-0.2, -0.15) is 4.37 Å². The van der Waals surface area contributed by atoms with Crippen LogP contribution in [0.2, 0.25) is 0 Å². The Labute approximate surface area is 192 Å². The maximum absolute atomic E-state index is 10.1. The second-order valence-corrected chi connectivity index (χ2v) is 8.85. The predicted molar refractivity (Wildman–Crippen MR) is 130 cm³/mol. The van der Waals surface area contributed by atoms with Crippen molar-refractivity contribution in [2.75, 3.05) is 5.32 Å². The summed E-state index contributed by atoms with van der Waals surface area (Å²) < 4.78 is 11.1. The molecule has 6 nitrogen and oxygen atoms in total. The van der Waals surface area contributed by atoms with Gasteiger partial charge >= 0.3 is 0 Å². The molecule has 1 aromatic heterocycles. The van der Waals surface area contributed by atoms with Crippen LogP contribution in [0.1, 0.15) is 19.4 Å². The van der Waals surface area contributed by atoms with Gasteiger partial charge in [-0.15, -0.1) is 0 Å². The highest BCUT2D eigenvalue weighted by Crippen LogP contribution is 2.36. The molecule has 0 radical (unpaired) electrons. The molecule has 31 heavy (non-hydrogen) atoms. The summed E-state index contributed by atoms with van der Waals surface area (Å²) in [5.74, 6) is 1.46. The van der Waals surface area contributed by atoms with E-state index in [1.807, 2.05) is 74.5 Å². The van der Waals surface area contributed by atoms with Gasteiger partial charge in [-0.1, -0.05) is 40.2 Å². The van der Waals surface area contributed by atoms with E-state index >= 15 is 0 Å². The molecule has 0 aliphatic carbocycles. The SMILES string of the molecule is CC(C)NC(=N)c1c(O)nsc1Nc1ccc(Oc2ccc(Br)c3ccccc23)cc1. The topological polar surface area (TPSA) is 90.3 Å². The Balaban J connectivity index is 1.53. The van der Waals surface area contributed by atoms with E-state index in [1.165, 1.54) is 0 Å². The molecule has 3 aromatic carbocycles. The molecule has 4 rings (SSSR count). The van der Waals surface area contributed by atoms with Crippen LogP contribution >= 0.6 is 27.5 Å². The van der Waals surface area contributed by atoms with Gasteiger partial charge in [0.1, 0.15) is 27.9 Å². The van der Waals surface area contributed by atoms with Gasteiger partial charge in [0.2, 0.25) is 5.88 Å². The monoisotopic (exact) mass is 496 g/mol. The zero-order chi connectivity index (χ0) is 22.0. The zero-order valence-electron chi connectivity index (χ0n) is 16.9. The fourth-order valence-corrected chi connectivity index (χ4v) is 4.34. The van der Waals surface area contributed by atoms with Gasteiger partial charge in [-0.3, -0.25) is 5.41 Å². The molecule has 0 spiro atoms. The lowest BCUT2D eigenvalue weighted by molar-refractivity contribution is 0.458. The van der Waals surface area contributed by atoms with Gasteiger partial charge < -0.3 is 20.5 Å². The third kappa shape index (κ3) is 4.65. The molecule has 0 amide bonds. The normalized spacial score (nSPS) is 11.0. The second kappa shape index (κ2) is 8.95. The van der Waals surface area contributed by atoms with E-state index in [0.29, 0.717) is 16.3 Å². The molecule has 4 aromatic rings. The van der Waals surface area contributed by atoms with Crippen LogP contribution < -0.4 is 15.4 Å². The van der Waals surface area contributed by atoms with Crippen LogP contribution in [0.4, 0.5) is 10.7 Å². The van der Waals surface area contributed by atoms with E-state index in [0.717, 1.165) is 38.2 Å². The molecule has 0 aliphatic heterocycles. The van der Waals surface area contributed by atoms with Crippen molar-refractivity contribution >= 4 is 54.8 Å². The molecule has 158 valence electrons. The summed E-state index contributed by atoms with van der Waals surface area (Å²) in [6, 6.07) is 19.6. The lowest BCUT2D eigenvalue weighted by Crippen LogP contribution is -2.30. The first-order chi connectivity index (χ1) is 14.9. The Morgan fingerprint density at radius 2 is 1.77 bits per heavy atom. The summed E-state index contributed by atoms with van der Waals surface area (Å²) in [5.41, 5.74) is 1.16. The molecule has 0 atom stereocenters. The van der Waals surface area contributed by atoms with E-state index in [-0.39, 0.29) is 17.8 Å². The zero-order valence-corrected chi connectivity index (χ0v) is 19.3. The number of anilines is 2. The number of hydrogen-bond donors (Lipinski definition) is 4. The van der Waals surface area contributed by atoms with Crippen molar-refractivity contribution in [3.63, 3.8) is 0 Å². The van der Waals surface area contributed by atoms with Crippen LogP contribution in [-0.4, -0.2) is 21.4 Å². The molecule has 0 saturated heterocycles. The number of fused-ring (bicyclic) bond motifs is 1. The highest BCUT2D eigenvalue weighted by Gasteiger charge is 2.18. The number of hydrogen-bond acceptors (Lipinski definition) is 6. The number of amidine groups is 1. The minimum atomic E-state index is -0.160. The number of rotatable bonds is 6. The van der Waals surface area contributed by atoms with Crippen molar-refractivity contribution in [1.29, 1.82) is 5.41 Å². The van der Waals surface area contributed by atoms with Crippen LogP contribution in [0.3, 0.4) is 0 Å². The van der Waals surface area contributed by atoms with Crippen LogP contribution in [0, 0.1) is 5.41 Å². The van der Waals surface area contributed by atoms with Crippen molar-refractivity contribution in [3.05, 3.63) is 70.7 Å². The maximum Gasteiger partial charge on any atom is 0.236 e. The van der Waals surface area contributed by atoms with E-state index in [1.54, 1.807) is 0 Å². The molecular formula is C23H21BrN4O2S. The average molecular weight is 497 g/mol. The molecule has 0 saturated carbocycles. The summed E-state index contributed by atoms with van der Waals surface area (Å²) in [7, 11) is 0. The van der Waals surface area contributed by atoms with Gasteiger partial charge in [0.15, 0.2) is 0 Å². The van der Waals surface area contributed by atoms with Crippen LogP contribution in [0.15, 0.2) is 65.1 Å². The van der Waals surface area contributed by atoms with E-state index in [4.69, 9.17) is 10.1 Å². The highest BCUT2D eigenvalue weighted by atomic mass is 79.9. The Hall–Kier alpha value is -3.10. The molecule has 0 unspecified atom stereocenters. The largest absolute Gasteiger partial charge is 0.492 e. The third-order valence-corrected chi connectivity index (χ3v) is 5.97. The van der Waals surface area contributed by atoms with Crippen molar-refractivity contribution < 1.29 is 9.84 Å².